The number of likely N-dealkylation sites (N-methyl/N-ethyl adjacent to an activating group) is 1. The van der Waals surface area contributed by atoms with Crippen LogP contribution in [-0.4, -0.2) is 23.9 Å². The van der Waals surface area contributed by atoms with Crippen LogP contribution in [-0.2, 0) is 15.1 Å². The summed E-state index contributed by atoms with van der Waals surface area (Å²) in [6.45, 7) is 0. The van der Waals surface area contributed by atoms with Gasteiger partial charge in [0.15, 0.2) is 5.54 Å². The third-order valence-electron chi connectivity index (χ3n) is 5.45. The molecule has 1 N–H and O–H groups in total. The van der Waals surface area contributed by atoms with Gasteiger partial charge in [-0.1, -0.05) is 48.6 Å². The number of ether oxygens (including phenoxy) is 1. The Labute approximate surface area is 149 Å². The molecule has 1 saturated heterocycles. The van der Waals surface area contributed by atoms with Crippen molar-refractivity contribution in [2.75, 3.05) is 11.9 Å². The average molecular weight is 350 g/mol. The lowest BCUT2D eigenvalue weighted by Crippen LogP contribution is -2.50. The van der Waals surface area contributed by atoms with E-state index in [-0.39, 0.29) is 5.91 Å². The SMILES string of the molecule is CN1C(=O)[C@@]2(NC(=S)[C@@H]3C(=O)Oc4ccccc4[C@@H]32)c2ccccc21. The topological polar surface area (TPSA) is 58.6 Å². The van der Waals surface area contributed by atoms with Gasteiger partial charge in [0.1, 0.15) is 11.7 Å². The van der Waals surface area contributed by atoms with E-state index in [1.807, 2.05) is 42.5 Å². The summed E-state index contributed by atoms with van der Waals surface area (Å²) in [5.41, 5.74) is 1.45. The van der Waals surface area contributed by atoms with Crippen LogP contribution in [0.2, 0.25) is 0 Å². The normalized spacial score (nSPS) is 29.2. The largest absolute Gasteiger partial charge is 0.426 e. The molecule has 0 radical (unpaired) electrons. The molecule has 2 aromatic rings. The van der Waals surface area contributed by atoms with Crippen molar-refractivity contribution < 1.29 is 14.3 Å². The number of esters is 1. The summed E-state index contributed by atoms with van der Waals surface area (Å²) in [5, 5.41) is 3.22. The molecule has 2 aromatic carbocycles. The van der Waals surface area contributed by atoms with E-state index in [0.717, 1.165) is 16.8 Å². The maximum atomic E-state index is 13.4. The van der Waals surface area contributed by atoms with Gasteiger partial charge in [-0.2, -0.15) is 0 Å². The zero-order valence-corrected chi connectivity index (χ0v) is 14.2. The number of rotatable bonds is 0. The Balaban J connectivity index is 1.84. The van der Waals surface area contributed by atoms with Crippen molar-refractivity contribution in [3.05, 3.63) is 59.7 Å². The van der Waals surface area contributed by atoms with Gasteiger partial charge in [-0.25, -0.2) is 0 Å². The van der Waals surface area contributed by atoms with Crippen molar-refractivity contribution in [1.82, 2.24) is 5.32 Å². The number of amides is 1. The molecule has 3 aliphatic rings. The van der Waals surface area contributed by atoms with Gasteiger partial charge in [0.25, 0.3) is 5.91 Å². The van der Waals surface area contributed by atoms with E-state index in [2.05, 4.69) is 5.32 Å². The van der Waals surface area contributed by atoms with Crippen LogP contribution in [0.25, 0.3) is 0 Å². The van der Waals surface area contributed by atoms with Gasteiger partial charge in [0.2, 0.25) is 0 Å². The summed E-state index contributed by atoms with van der Waals surface area (Å²) in [7, 11) is 1.75. The van der Waals surface area contributed by atoms with Gasteiger partial charge in [-0.05, 0) is 12.1 Å². The van der Waals surface area contributed by atoms with Gasteiger partial charge >= 0.3 is 5.97 Å². The lowest BCUT2D eigenvalue weighted by atomic mass is 9.71. The molecule has 6 heteroatoms. The molecule has 0 aliphatic carbocycles. The van der Waals surface area contributed by atoms with Crippen molar-refractivity contribution >= 4 is 34.8 Å². The third-order valence-corrected chi connectivity index (χ3v) is 5.81. The van der Waals surface area contributed by atoms with E-state index in [1.165, 1.54) is 0 Å². The Morgan fingerprint density at radius 2 is 1.84 bits per heavy atom. The minimum Gasteiger partial charge on any atom is -0.426 e. The highest BCUT2D eigenvalue weighted by molar-refractivity contribution is 7.80. The summed E-state index contributed by atoms with van der Waals surface area (Å²) in [6.07, 6.45) is 0. The summed E-state index contributed by atoms with van der Waals surface area (Å²) in [5.74, 6) is -1.09. The first-order valence-corrected chi connectivity index (χ1v) is 8.47. The number of carbonyl (C=O) groups is 2. The number of nitrogens with one attached hydrogen (secondary N) is 1. The second-order valence-corrected chi connectivity index (χ2v) is 7.03. The first kappa shape index (κ1) is 14.6. The molecule has 5 rings (SSSR count). The predicted octanol–water partition coefficient (Wildman–Crippen LogP) is 2.11. The van der Waals surface area contributed by atoms with Crippen LogP contribution in [0.4, 0.5) is 5.69 Å². The number of thiocarbonyl (C=S) groups is 1. The molecule has 5 nitrogen and oxygen atoms in total. The first-order valence-electron chi connectivity index (χ1n) is 8.06. The highest BCUT2D eigenvalue weighted by atomic mass is 32.1. The lowest BCUT2D eigenvalue weighted by Gasteiger charge is -2.34. The number of hydrogen-bond donors (Lipinski definition) is 1. The third kappa shape index (κ3) is 1.60. The van der Waals surface area contributed by atoms with Crippen LogP contribution in [0.5, 0.6) is 5.75 Å². The van der Waals surface area contributed by atoms with Crippen LogP contribution in [0.3, 0.4) is 0 Å². The quantitative estimate of drug-likeness (QED) is 0.448. The minimum atomic E-state index is -1.07. The molecule has 3 atom stereocenters. The number of benzene rings is 2. The van der Waals surface area contributed by atoms with Crippen molar-refractivity contribution in [3.63, 3.8) is 0 Å². The van der Waals surface area contributed by atoms with Crippen molar-refractivity contribution in [3.8, 4) is 5.75 Å². The van der Waals surface area contributed by atoms with E-state index >= 15 is 0 Å². The van der Waals surface area contributed by atoms with Crippen LogP contribution in [0.1, 0.15) is 17.0 Å². The molecule has 3 aliphatic heterocycles. The summed E-state index contributed by atoms with van der Waals surface area (Å²) in [4.78, 5) is 28.0. The number of carbonyl (C=O) groups excluding carboxylic acids is 2. The maximum Gasteiger partial charge on any atom is 0.322 e. The Bertz CT molecular complexity index is 973. The fourth-order valence-corrected chi connectivity index (χ4v) is 4.81. The second-order valence-electron chi connectivity index (χ2n) is 6.59. The minimum absolute atomic E-state index is 0.104. The predicted molar refractivity (Wildman–Crippen MR) is 95.6 cm³/mol. The first-order chi connectivity index (χ1) is 12.1. The molecule has 0 bridgehead atoms. The van der Waals surface area contributed by atoms with Crippen LogP contribution < -0.4 is 15.0 Å². The summed E-state index contributed by atoms with van der Waals surface area (Å²) < 4.78 is 5.48. The highest BCUT2D eigenvalue weighted by Crippen LogP contribution is 2.57. The molecule has 0 unspecified atom stereocenters. The molecule has 0 aromatic heterocycles. The summed E-state index contributed by atoms with van der Waals surface area (Å²) >= 11 is 5.47. The highest BCUT2D eigenvalue weighted by Gasteiger charge is 2.66. The van der Waals surface area contributed by atoms with E-state index in [1.54, 1.807) is 18.0 Å². The van der Waals surface area contributed by atoms with Crippen molar-refractivity contribution in [2.45, 2.75) is 11.5 Å². The van der Waals surface area contributed by atoms with E-state index < -0.39 is 23.3 Å². The monoisotopic (exact) mass is 350 g/mol. The molecule has 25 heavy (non-hydrogen) atoms. The zero-order valence-electron chi connectivity index (χ0n) is 13.4. The Morgan fingerprint density at radius 3 is 2.68 bits per heavy atom. The lowest BCUT2D eigenvalue weighted by molar-refractivity contribution is -0.139. The number of hydrogen-bond acceptors (Lipinski definition) is 4. The maximum absolute atomic E-state index is 13.4. The molecule has 3 heterocycles. The van der Waals surface area contributed by atoms with Gasteiger partial charge < -0.3 is 15.0 Å². The van der Waals surface area contributed by atoms with Crippen molar-refractivity contribution in [1.29, 1.82) is 0 Å². The van der Waals surface area contributed by atoms with E-state index in [4.69, 9.17) is 17.0 Å². The van der Waals surface area contributed by atoms with Crippen LogP contribution in [0.15, 0.2) is 48.5 Å². The Morgan fingerprint density at radius 1 is 1.12 bits per heavy atom. The van der Waals surface area contributed by atoms with Crippen LogP contribution >= 0.6 is 12.2 Å². The molecular weight excluding hydrogens is 336 g/mol. The van der Waals surface area contributed by atoms with Crippen LogP contribution in [0, 0.1) is 5.92 Å². The smallest absolute Gasteiger partial charge is 0.322 e. The zero-order chi connectivity index (χ0) is 17.3. The van der Waals surface area contributed by atoms with E-state index in [0.29, 0.717) is 10.7 Å². The Hall–Kier alpha value is -2.73. The summed E-state index contributed by atoms with van der Waals surface area (Å²) in [6, 6.07) is 15.0. The second kappa shape index (κ2) is 4.67. The fraction of sp³-hybridized carbons (Fsp3) is 0.211. The fourth-order valence-electron chi connectivity index (χ4n) is 4.42. The molecule has 1 spiro atoms. The van der Waals surface area contributed by atoms with E-state index in [9.17, 15) is 9.59 Å². The van der Waals surface area contributed by atoms with Gasteiger partial charge in [-0.15, -0.1) is 0 Å². The number of fused-ring (bicyclic) bond motifs is 6. The molecule has 0 saturated carbocycles. The van der Waals surface area contributed by atoms with Crippen molar-refractivity contribution in [2.24, 2.45) is 5.92 Å². The van der Waals surface area contributed by atoms with Gasteiger partial charge in [0.05, 0.1) is 4.99 Å². The average Bonchev–Trinajstić information content (AvgIpc) is 3.05. The number of anilines is 1. The van der Waals surface area contributed by atoms with Gasteiger partial charge in [-0.3, -0.25) is 9.59 Å². The molecule has 1 amide bonds. The molecule has 1 fully saturated rings. The number of para-hydroxylation sites is 2. The van der Waals surface area contributed by atoms with Gasteiger partial charge in [0, 0.05) is 29.8 Å². The number of nitrogens with zero attached hydrogens (tertiary/aromatic N) is 1. The Kier molecular flexibility index (Phi) is 2.73. The standard InChI is InChI=1S/C19H14N2O3S/c1-21-12-8-4-3-7-11(12)19(18(21)23)15-10-6-2-5-9-13(10)24-17(22)14(15)16(25)20-19/h2-9,14-15H,1H3,(H,20,25)/t14-,15+,19-/m1/s1. The molecule has 124 valence electrons. The molecular formula is C19H14N2O3S.